The molecule has 0 atom stereocenters. The summed E-state index contributed by atoms with van der Waals surface area (Å²) in [6, 6.07) is 0. The van der Waals surface area contributed by atoms with Crippen LogP contribution in [0.2, 0.25) is 0 Å². The van der Waals surface area contributed by atoms with Crippen LogP contribution in [0.4, 0.5) is 10.7 Å². The van der Waals surface area contributed by atoms with E-state index in [4.69, 9.17) is 10.5 Å². The number of hydrogen-bond donors (Lipinski definition) is 1. The molecule has 1 aromatic rings. The Morgan fingerprint density at radius 1 is 1.53 bits per heavy atom. The summed E-state index contributed by atoms with van der Waals surface area (Å²) in [4.78, 5) is 14.1. The van der Waals surface area contributed by atoms with Crippen LogP contribution in [0.1, 0.15) is 30.4 Å². The number of anilines is 2. The topological polar surface area (TPSA) is 55.6 Å². The predicted molar refractivity (Wildman–Crippen MR) is 73.4 cm³/mol. The maximum atomic E-state index is 11.4. The summed E-state index contributed by atoms with van der Waals surface area (Å²) in [7, 11) is 3.56. The summed E-state index contributed by atoms with van der Waals surface area (Å²) in [5.41, 5.74) is 6.38. The number of thiophene rings is 1. The molecule has 1 aromatic heterocycles. The standard InChI is InChI=1S/C12H20N2O2S/c1-7(2)6-14(4)12-10(16-5)9(13)11(17-12)8(3)15/h7H,6,13H2,1-5H3. The Kier molecular flexibility index (Phi) is 4.40. The van der Waals surface area contributed by atoms with Gasteiger partial charge in [-0.25, -0.2) is 0 Å². The lowest BCUT2D eigenvalue weighted by molar-refractivity contribution is 0.102. The van der Waals surface area contributed by atoms with Crippen LogP contribution in [0.5, 0.6) is 5.75 Å². The van der Waals surface area contributed by atoms with Gasteiger partial charge < -0.3 is 15.4 Å². The molecule has 0 amide bonds. The number of nitrogens with zero attached hydrogens (tertiary/aromatic N) is 1. The van der Waals surface area contributed by atoms with E-state index >= 15 is 0 Å². The number of nitrogens with two attached hydrogens (primary N) is 1. The number of carbonyl (C=O) groups is 1. The Morgan fingerprint density at radius 2 is 2.12 bits per heavy atom. The Hall–Kier alpha value is -1.23. The quantitative estimate of drug-likeness (QED) is 0.823. The fourth-order valence-corrected chi connectivity index (χ4v) is 2.81. The van der Waals surface area contributed by atoms with Crippen molar-refractivity contribution < 1.29 is 9.53 Å². The van der Waals surface area contributed by atoms with Crippen molar-refractivity contribution >= 4 is 27.8 Å². The third-order valence-corrected chi connectivity index (χ3v) is 3.79. The molecule has 0 aromatic carbocycles. The van der Waals surface area contributed by atoms with E-state index in [1.165, 1.54) is 18.3 Å². The van der Waals surface area contributed by atoms with Crippen LogP contribution in [0.25, 0.3) is 0 Å². The minimum atomic E-state index is -0.0185. The highest BCUT2D eigenvalue weighted by molar-refractivity contribution is 7.19. The monoisotopic (exact) mass is 256 g/mol. The molecule has 0 aliphatic heterocycles. The van der Waals surface area contributed by atoms with Crippen LogP contribution < -0.4 is 15.4 Å². The van der Waals surface area contributed by atoms with Crippen LogP contribution in [0.15, 0.2) is 0 Å². The molecule has 1 rings (SSSR count). The molecule has 0 fully saturated rings. The first-order chi connectivity index (χ1) is 7.88. The number of Topliss-reactive ketones (excluding diaryl/α,β-unsaturated/α-hetero) is 1. The number of ketones is 1. The van der Waals surface area contributed by atoms with Crippen molar-refractivity contribution in [2.45, 2.75) is 20.8 Å². The summed E-state index contributed by atoms with van der Waals surface area (Å²) in [5, 5.41) is 0.920. The van der Waals surface area contributed by atoms with Crippen molar-refractivity contribution in [3.63, 3.8) is 0 Å². The second-order valence-electron chi connectivity index (χ2n) is 4.51. The van der Waals surface area contributed by atoms with Crippen molar-refractivity contribution in [2.75, 3.05) is 31.3 Å². The van der Waals surface area contributed by atoms with E-state index in [-0.39, 0.29) is 5.78 Å². The Morgan fingerprint density at radius 3 is 2.53 bits per heavy atom. The van der Waals surface area contributed by atoms with Gasteiger partial charge in [0.05, 0.1) is 17.7 Å². The minimum absolute atomic E-state index is 0.0185. The molecule has 0 saturated heterocycles. The summed E-state index contributed by atoms with van der Waals surface area (Å²) in [6.45, 7) is 6.71. The van der Waals surface area contributed by atoms with Gasteiger partial charge in [0.25, 0.3) is 0 Å². The molecule has 4 nitrogen and oxygen atoms in total. The van der Waals surface area contributed by atoms with Gasteiger partial charge in [-0.15, -0.1) is 11.3 Å². The average Bonchev–Trinajstić information content (AvgIpc) is 2.54. The average molecular weight is 256 g/mol. The number of methoxy groups -OCH3 is 1. The molecule has 0 bridgehead atoms. The van der Waals surface area contributed by atoms with E-state index in [2.05, 4.69) is 18.7 Å². The van der Waals surface area contributed by atoms with Crippen LogP contribution >= 0.6 is 11.3 Å². The molecule has 5 heteroatoms. The summed E-state index contributed by atoms with van der Waals surface area (Å²) >= 11 is 1.40. The highest BCUT2D eigenvalue weighted by Crippen LogP contribution is 2.44. The normalized spacial score (nSPS) is 10.7. The number of hydrogen-bond acceptors (Lipinski definition) is 5. The number of rotatable bonds is 5. The molecule has 0 spiro atoms. The molecule has 17 heavy (non-hydrogen) atoms. The minimum Gasteiger partial charge on any atom is -0.492 e. The van der Waals surface area contributed by atoms with Crippen molar-refractivity contribution in [3.8, 4) is 5.75 Å². The second kappa shape index (κ2) is 5.40. The van der Waals surface area contributed by atoms with Gasteiger partial charge in [0.1, 0.15) is 5.00 Å². The zero-order chi connectivity index (χ0) is 13.2. The van der Waals surface area contributed by atoms with Crippen molar-refractivity contribution in [2.24, 2.45) is 5.92 Å². The van der Waals surface area contributed by atoms with Gasteiger partial charge in [-0.2, -0.15) is 0 Å². The van der Waals surface area contributed by atoms with Crippen LogP contribution in [-0.4, -0.2) is 26.5 Å². The van der Waals surface area contributed by atoms with Gasteiger partial charge in [0.15, 0.2) is 11.5 Å². The van der Waals surface area contributed by atoms with Crippen LogP contribution in [0, 0.1) is 5.92 Å². The predicted octanol–water partition coefficient (Wildman–Crippen LogP) is 2.63. The largest absolute Gasteiger partial charge is 0.492 e. The van der Waals surface area contributed by atoms with E-state index in [1.807, 2.05) is 7.05 Å². The maximum absolute atomic E-state index is 11.4. The molecular formula is C12H20N2O2S. The first-order valence-electron chi connectivity index (χ1n) is 5.56. The third-order valence-electron chi connectivity index (χ3n) is 2.39. The SMILES string of the molecule is COc1c(N(C)CC(C)C)sc(C(C)=O)c1N. The molecule has 0 radical (unpaired) electrons. The van der Waals surface area contributed by atoms with Gasteiger partial charge in [-0.1, -0.05) is 13.8 Å². The smallest absolute Gasteiger partial charge is 0.177 e. The fraction of sp³-hybridized carbons (Fsp3) is 0.583. The number of nitrogen functional groups attached to an aromatic ring is 1. The van der Waals surface area contributed by atoms with Crippen molar-refractivity contribution in [1.29, 1.82) is 0 Å². The second-order valence-corrected chi connectivity index (χ2v) is 5.51. The maximum Gasteiger partial charge on any atom is 0.177 e. The van der Waals surface area contributed by atoms with Gasteiger partial charge in [-0.05, 0) is 5.92 Å². The number of ether oxygens (including phenoxy) is 1. The Labute approximate surface area is 106 Å². The third kappa shape index (κ3) is 2.91. The summed E-state index contributed by atoms with van der Waals surface area (Å²) in [6.07, 6.45) is 0. The zero-order valence-corrected chi connectivity index (χ0v) is 11.9. The Bertz CT molecular complexity index is 413. The molecule has 96 valence electrons. The van der Waals surface area contributed by atoms with E-state index in [0.29, 0.717) is 22.2 Å². The van der Waals surface area contributed by atoms with Gasteiger partial charge in [-0.3, -0.25) is 4.79 Å². The molecule has 1 heterocycles. The zero-order valence-electron chi connectivity index (χ0n) is 11.0. The molecule has 0 aliphatic carbocycles. The van der Waals surface area contributed by atoms with Crippen molar-refractivity contribution in [3.05, 3.63) is 4.88 Å². The first kappa shape index (κ1) is 13.8. The summed E-state index contributed by atoms with van der Waals surface area (Å²) < 4.78 is 5.30. The Balaban J connectivity index is 3.14. The van der Waals surface area contributed by atoms with Crippen LogP contribution in [-0.2, 0) is 0 Å². The molecule has 0 aliphatic rings. The lowest BCUT2D eigenvalue weighted by Gasteiger charge is -2.20. The van der Waals surface area contributed by atoms with Gasteiger partial charge in [0.2, 0.25) is 0 Å². The summed E-state index contributed by atoms with van der Waals surface area (Å²) in [5.74, 6) is 1.13. The van der Waals surface area contributed by atoms with Gasteiger partial charge in [0, 0.05) is 20.5 Å². The highest BCUT2D eigenvalue weighted by atomic mass is 32.1. The van der Waals surface area contributed by atoms with Crippen molar-refractivity contribution in [1.82, 2.24) is 0 Å². The van der Waals surface area contributed by atoms with Crippen LogP contribution in [0.3, 0.4) is 0 Å². The molecule has 0 unspecified atom stereocenters. The van der Waals surface area contributed by atoms with E-state index in [1.54, 1.807) is 7.11 Å². The van der Waals surface area contributed by atoms with E-state index in [9.17, 15) is 4.79 Å². The molecule has 0 saturated carbocycles. The highest BCUT2D eigenvalue weighted by Gasteiger charge is 2.22. The molecular weight excluding hydrogens is 236 g/mol. The molecule has 2 N–H and O–H groups in total. The van der Waals surface area contributed by atoms with E-state index < -0.39 is 0 Å². The fourth-order valence-electron chi connectivity index (χ4n) is 1.76. The first-order valence-corrected chi connectivity index (χ1v) is 6.38. The lowest BCUT2D eigenvalue weighted by Crippen LogP contribution is -2.21. The lowest BCUT2D eigenvalue weighted by atomic mass is 10.2. The van der Waals surface area contributed by atoms with E-state index in [0.717, 1.165) is 11.5 Å². The van der Waals surface area contributed by atoms with Gasteiger partial charge >= 0.3 is 0 Å². The number of carbonyl (C=O) groups excluding carboxylic acids is 1.